The van der Waals surface area contributed by atoms with Gasteiger partial charge in [-0.25, -0.2) is 4.98 Å². The van der Waals surface area contributed by atoms with Crippen LogP contribution in [0, 0.1) is 0 Å². The van der Waals surface area contributed by atoms with Crippen molar-refractivity contribution in [3.8, 4) is 28.3 Å². The molecule has 0 bridgehead atoms. The highest BCUT2D eigenvalue weighted by molar-refractivity contribution is 6.16. The van der Waals surface area contributed by atoms with E-state index < -0.39 is 0 Å². The van der Waals surface area contributed by atoms with Gasteiger partial charge >= 0.3 is 0 Å². The standard InChI is InChI=1S/C47H31N3O/c1-4-14-33(15-5-1)47-48-46-39-22-12-21-37(38(39)30-31-44(46)51-47)32-26-28-36(29-27-32)49(34-16-6-2-7-17-34)42-24-13-25-43-45(42)40-20-10-11-23-41(40)50(43)35-18-8-3-9-19-35/h1-31H. The van der Waals surface area contributed by atoms with Gasteiger partial charge in [-0.05, 0) is 95.4 Å². The second-order valence-electron chi connectivity index (χ2n) is 12.8. The van der Waals surface area contributed by atoms with Crippen molar-refractivity contribution < 1.29 is 4.42 Å². The van der Waals surface area contributed by atoms with Gasteiger partial charge in [-0.15, -0.1) is 0 Å². The number of aromatic nitrogens is 2. The largest absolute Gasteiger partial charge is 0.436 e. The molecule has 10 rings (SSSR count). The average molecular weight is 654 g/mol. The van der Waals surface area contributed by atoms with Crippen LogP contribution in [0.2, 0.25) is 0 Å². The normalized spacial score (nSPS) is 11.5. The lowest BCUT2D eigenvalue weighted by Crippen LogP contribution is -2.10. The Kier molecular flexibility index (Phi) is 6.78. The Morgan fingerprint density at radius 3 is 1.90 bits per heavy atom. The van der Waals surface area contributed by atoms with E-state index in [-0.39, 0.29) is 0 Å². The lowest BCUT2D eigenvalue weighted by atomic mass is 9.97. The third-order valence-electron chi connectivity index (χ3n) is 9.82. The first-order chi connectivity index (χ1) is 25.3. The van der Waals surface area contributed by atoms with Gasteiger partial charge in [0.1, 0.15) is 5.52 Å². The van der Waals surface area contributed by atoms with Crippen LogP contribution in [0.4, 0.5) is 17.1 Å². The Labute approximate surface area is 295 Å². The van der Waals surface area contributed by atoms with Crippen LogP contribution in [0.25, 0.3) is 71.9 Å². The monoisotopic (exact) mass is 653 g/mol. The molecule has 2 aromatic heterocycles. The quantitative estimate of drug-likeness (QED) is 0.179. The second-order valence-corrected chi connectivity index (χ2v) is 12.8. The Morgan fingerprint density at radius 1 is 0.451 bits per heavy atom. The smallest absolute Gasteiger partial charge is 0.227 e. The molecule has 0 aliphatic carbocycles. The fourth-order valence-electron chi connectivity index (χ4n) is 7.54. The van der Waals surface area contributed by atoms with Crippen molar-refractivity contribution in [2.45, 2.75) is 0 Å². The molecule has 4 nitrogen and oxygen atoms in total. The lowest BCUT2D eigenvalue weighted by Gasteiger charge is -2.26. The van der Waals surface area contributed by atoms with Crippen LogP contribution < -0.4 is 4.90 Å². The van der Waals surface area contributed by atoms with E-state index in [1.807, 2.05) is 36.4 Å². The number of rotatable bonds is 6. The van der Waals surface area contributed by atoms with Gasteiger partial charge in [0.2, 0.25) is 5.89 Å². The van der Waals surface area contributed by atoms with Crippen molar-refractivity contribution in [2.24, 2.45) is 0 Å². The fraction of sp³-hybridized carbons (Fsp3) is 0. The van der Waals surface area contributed by atoms with E-state index in [0.29, 0.717) is 5.89 Å². The molecule has 4 heteroatoms. The maximum Gasteiger partial charge on any atom is 0.227 e. The van der Waals surface area contributed by atoms with Crippen LogP contribution in [0.15, 0.2) is 192 Å². The molecule has 0 N–H and O–H groups in total. The van der Waals surface area contributed by atoms with Gasteiger partial charge in [-0.1, -0.05) is 109 Å². The molecule has 10 aromatic rings. The van der Waals surface area contributed by atoms with Crippen LogP contribution in [0.5, 0.6) is 0 Å². The number of anilines is 3. The third-order valence-corrected chi connectivity index (χ3v) is 9.82. The topological polar surface area (TPSA) is 34.2 Å². The first-order valence-corrected chi connectivity index (χ1v) is 17.2. The maximum atomic E-state index is 6.20. The van der Waals surface area contributed by atoms with Crippen LogP contribution >= 0.6 is 0 Å². The summed E-state index contributed by atoms with van der Waals surface area (Å²) in [6, 6.07) is 66.3. The molecule has 0 amide bonds. The molecule has 0 aliphatic rings. The molecular weight excluding hydrogens is 623 g/mol. The van der Waals surface area contributed by atoms with Gasteiger partial charge in [-0.3, -0.25) is 0 Å². The van der Waals surface area contributed by atoms with Crippen molar-refractivity contribution in [1.29, 1.82) is 0 Å². The Balaban J connectivity index is 1.12. The number of para-hydroxylation sites is 3. The minimum absolute atomic E-state index is 0.635. The summed E-state index contributed by atoms with van der Waals surface area (Å²) in [5, 5.41) is 4.65. The molecule has 0 radical (unpaired) electrons. The highest BCUT2D eigenvalue weighted by Crippen LogP contribution is 2.44. The van der Waals surface area contributed by atoms with Gasteiger partial charge in [-0.2, -0.15) is 0 Å². The van der Waals surface area contributed by atoms with E-state index in [2.05, 4.69) is 161 Å². The lowest BCUT2D eigenvalue weighted by molar-refractivity contribution is 0.620. The van der Waals surface area contributed by atoms with E-state index >= 15 is 0 Å². The molecule has 0 unspecified atom stereocenters. The summed E-state index contributed by atoms with van der Waals surface area (Å²) in [7, 11) is 0. The van der Waals surface area contributed by atoms with Crippen molar-refractivity contribution in [1.82, 2.24) is 9.55 Å². The van der Waals surface area contributed by atoms with Crippen LogP contribution in [-0.4, -0.2) is 9.55 Å². The zero-order valence-corrected chi connectivity index (χ0v) is 27.6. The zero-order chi connectivity index (χ0) is 33.7. The van der Waals surface area contributed by atoms with E-state index in [1.54, 1.807) is 0 Å². The number of nitrogens with zero attached hydrogens (tertiary/aromatic N) is 3. The van der Waals surface area contributed by atoms with Crippen molar-refractivity contribution in [3.63, 3.8) is 0 Å². The molecule has 8 aromatic carbocycles. The SMILES string of the molecule is c1ccc(-c2nc3c(ccc4c(-c5ccc(N(c6ccccc6)c6cccc7c6c6ccccc6n7-c6ccccc6)cc5)cccc43)o2)cc1. The number of benzene rings is 8. The fourth-order valence-corrected chi connectivity index (χ4v) is 7.54. The minimum Gasteiger partial charge on any atom is -0.436 e. The summed E-state index contributed by atoms with van der Waals surface area (Å²) in [6.45, 7) is 0. The van der Waals surface area contributed by atoms with Crippen LogP contribution in [0.3, 0.4) is 0 Å². The zero-order valence-electron chi connectivity index (χ0n) is 27.6. The number of fused-ring (bicyclic) bond motifs is 6. The average Bonchev–Trinajstić information content (AvgIpc) is 3.80. The number of oxazole rings is 1. The maximum absolute atomic E-state index is 6.20. The van der Waals surface area contributed by atoms with Gasteiger partial charge < -0.3 is 13.9 Å². The first kappa shape index (κ1) is 29.0. The third kappa shape index (κ3) is 4.80. The van der Waals surface area contributed by atoms with E-state index in [4.69, 9.17) is 9.40 Å². The summed E-state index contributed by atoms with van der Waals surface area (Å²) in [5.41, 5.74) is 11.7. The summed E-state index contributed by atoms with van der Waals surface area (Å²) >= 11 is 0. The van der Waals surface area contributed by atoms with Gasteiger partial charge in [0.25, 0.3) is 0 Å². The molecule has 0 fully saturated rings. The van der Waals surface area contributed by atoms with E-state index in [1.165, 1.54) is 21.8 Å². The van der Waals surface area contributed by atoms with Gasteiger partial charge in [0, 0.05) is 38.8 Å². The van der Waals surface area contributed by atoms with Crippen molar-refractivity contribution in [3.05, 3.63) is 188 Å². The first-order valence-electron chi connectivity index (χ1n) is 17.2. The molecule has 0 saturated heterocycles. The van der Waals surface area contributed by atoms with Crippen molar-refractivity contribution in [2.75, 3.05) is 4.90 Å². The Morgan fingerprint density at radius 2 is 1.10 bits per heavy atom. The van der Waals surface area contributed by atoms with Gasteiger partial charge in [0.05, 0.1) is 16.7 Å². The highest BCUT2D eigenvalue weighted by atomic mass is 16.3. The minimum atomic E-state index is 0.635. The Hall–Kier alpha value is -6.91. The molecule has 0 atom stereocenters. The molecule has 2 heterocycles. The number of hydrogen-bond acceptors (Lipinski definition) is 3. The molecular formula is C47H31N3O. The Bertz CT molecular complexity index is 2840. The molecule has 0 aliphatic heterocycles. The summed E-state index contributed by atoms with van der Waals surface area (Å²) in [6.07, 6.45) is 0. The van der Waals surface area contributed by atoms with Crippen LogP contribution in [0.1, 0.15) is 0 Å². The second kappa shape index (κ2) is 11.9. The number of hydrogen-bond donors (Lipinski definition) is 0. The summed E-state index contributed by atoms with van der Waals surface area (Å²) in [5.74, 6) is 0.635. The summed E-state index contributed by atoms with van der Waals surface area (Å²) in [4.78, 5) is 7.32. The van der Waals surface area contributed by atoms with E-state index in [0.717, 1.165) is 61.3 Å². The predicted octanol–water partition coefficient (Wildman–Crippen LogP) is 12.9. The van der Waals surface area contributed by atoms with Crippen molar-refractivity contribution >= 4 is 60.7 Å². The van der Waals surface area contributed by atoms with Gasteiger partial charge in [0.15, 0.2) is 5.58 Å². The van der Waals surface area contributed by atoms with Crippen LogP contribution in [-0.2, 0) is 0 Å². The molecule has 0 saturated carbocycles. The molecule has 240 valence electrons. The highest BCUT2D eigenvalue weighted by Gasteiger charge is 2.21. The molecule has 51 heavy (non-hydrogen) atoms. The molecule has 0 spiro atoms. The van der Waals surface area contributed by atoms with E-state index in [9.17, 15) is 0 Å². The summed E-state index contributed by atoms with van der Waals surface area (Å²) < 4.78 is 8.57. The predicted molar refractivity (Wildman–Crippen MR) is 211 cm³/mol.